The average molecular weight is 294 g/mol. The third kappa shape index (κ3) is 2.13. The summed E-state index contributed by atoms with van der Waals surface area (Å²) in [4.78, 5) is 0. The topological polar surface area (TPSA) is 0 Å². The molecule has 0 bridgehead atoms. The lowest BCUT2D eigenvalue weighted by molar-refractivity contribution is -0.398. The minimum Gasteiger partial charge on any atom is -0.200 e. The summed E-state index contributed by atoms with van der Waals surface area (Å²) in [6.07, 6.45) is -1.92. The van der Waals surface area contributed by atoms with E-state index >= 15 is 0 Å². The molecule has 0 nitrogen and oxygen atoms in total. The molecule has 0 heterocycles. The maximum Gasteiger partial charge on any atom is 0.384 e. The molecular weight excluding hydrogens is 286 g/mol. The molecule has 0 atom stereocenters. The summed E-state index contributed by atoms with van der Waals surface area (Å²) < 4.78 is 125. The van der Waals surface area contributed by atoms with Crippen LogP contribution in [0.1, 0.15) is 20.3 Å². The number of hydrogen-bond donors (Lipinski definition) is 0. The molecule has 10 heteroatoms. The van der Waals surface area contributed by atoms with Crippen molar-refractivity contribution >= 4 is 0 Å². The van der Waals surface area contributed by atoms with E-state index in [1.807, 2.05) is 0 Å². The zero-order valence-electron chi connectivity index (χ0n) is 8.99. The first-order valence-electron chi connectivity index (χ1n) is 4.45. The number of alkyl halides is 10. The van der Waals surface area contributed by atoms with Crippen LogP contribution < -0.4 is 0 Å². The molecule has 0 aliphatic rings. The highest BCUT2D eigenvalue weighted by molar-refractivity contribution is 5.06. The van der Waals surface area contributed by atoms with E-state index in [4.69, 9.17) is 0 Å². The molecular formula is C8H8F10. The fourth-order valence-corrected chi connectivity index (χ4v) is 0.925. The predicted octanol–water partition coefficient (Wildman–Crippen LogP) is 4.59. The Morgan fingerprint density at radius 2 is 0.944 bits per heavy atom. The van der Waals surface area contributed by atoms with Gasteiger partial charge < -0.3 is 0 Å². The minimum absolute atomic E-state index is 0.326. The molecule has 0 aromatic carbocycles. The normalized spacial score (nSPS) is 16.0. The van der Waals surface area contributed by atoms with Crippen LogP contribution in [0.4, 0.5) is 43.9 Å². The van der Waals surface area contributed by atoms with Crippen molar-refractivity contribution in [3.63, 3.8) is 0 Å². The third-order valence-electron chi connectivity index (χ3n) is 2.24. The van der Waals surface area contributed by atoms with Crippen molar-refractivity contribution in [3.8, 4) is 0 Å². The summed E-state index contributed by atoms with van der Waals surface area (Å²) in [5.41, 5.74) is 0. The Hall–Kier alpha value is -0.700. The van der Waals surface area contributed by atoms with E-state index in [9.17, 15) is 43.9 Å². The summed E-state index contributed by atoms with van der Waals surface area (Å²) >= 11 is 0. The second-order valence-electron chi connectivity index (χ2n) is 3.67. The molecule has 0 rings (SSSR count). The van der Waals surface area contributed by atoms with Gasteiger partial charge in [0.1, 0.15) is 0 Å². The van der Waals surface area contributed by atoms with Gasteiger partial charge in [-0.3, -0.25) is 0 Å². The second kappa shape index (κ2) is 4.16. The summed E-state index contributed by atoms with van der Waals surface area (Å²) in [5.74, 6) is -31.3. The number of halogens is 10. The van der Waals surface area contributed by atoms with Crippen LogP contribution in [-0.2, 0) is 0 Å². The van der Waals surface area contributed by atoms with Gasteiger partial charge in [-0.1, -0.05) is 6.92 Å². The molecule has 0 saturated carbocycles. The highest BCUT2D eigenvalue weighted by atomic mass is 19.4. The van der Waals surface area contributed by atoms with Gasteiger partial charge in [-0.2, -0.15) is 43.9 Å². The molecule has 0 amide bonds. The molecule has 0 aromatic heterocycles. The van der Waals surface area contributed by atoms with E-state index in [2.05, 4.69) is 0 Å². The van der Waals surface area contributed by atoms with Crippen molar-refractivity contribution in [3.05, 3.63) is 0 Å². The summed E-state index contributed by atoms with van der Waals surface area (Å²) in [6.45, 7) is -0.437. The molecule has 0 saturated heterocycles. The molecule has 0 unspecified atom stereocenters. The van der Waals surface area contributed by atoms with Crippen molar-refractivity contribution in [2.75, 3.05) is 0 Å². The van der Waals surface area contributed by atoms with E-state index < -0.39 is 43.0 Å². The molecule has 0 aliphatic carbocycles. The van der Waals surface area contributed by atoms with Gasteiger partial charge in [0, 0.05) is 13.3 Å². The molecule has 0 aromatic rings. The van der Waals surface area contributed by atoms with Gasteiger partial charge in [0.2, 0.25) is 0 Å². The monoisotopic (exact) mass is 294 g/mol. The Morgan fingerprint density at radius 3 is 1.17 bits per heavy atom. The van der Waals surface area contributed by atoms with Crippen LogP contribution in [-0.4, -0.2) is 29.6 Å². The lowest BCUT2D eigenvalue weighted by atomic mass is 9.94. The second-order valence-corrected chi connectivity index (χ2v) is 3.67. The maximum absolute atomic E-state index is 12.7. The molecule has 0 aliphatic heterocycles. The lowest BCUT2D eigenvalue weighted by Gasteiger charge is -2.38. The first-order chi connectivity index (χ1) is 7.56. The van der Waals surface area contributed by atoms with Crippen molar-refractivity contribution in [2.24, 2.45) is 0 Å². The van der Waals surface area contributed by atoms with Crippen LogP contribution in [0, 0.1) is 0 Å². The highest BCUT2D eigenvalue weighted by Crippen LogP contribution is 2.57. The van der Waals surface area contributed by atoms with Crippen molar-refractivity contribution < 1.29 is 43.9 Å². The zero-order chi connectivity index (χ0) is 15.2. The minimum atomic E-state index is -6.91. The standard InChI is InChI=1S/C8H8F10/c1-3-5(11,12)7(15,16)8(17,18)6(13,14)4(2,9)10/h3H2,1-2H3. The van der Waals surface area contributed by atoms with Gasteiger partial charge in [-0.15, -0.1) is 0 Å². The van der Waals surface area contributed by atoms with Crippen molar-refractivity contribution in [2.45, 2.75) is 49.9 Å². The first-order valence-corrected chi connectivity index (χ1v) is 4.45. The molecule has 0 fully saturated rings. The Bertz CT molecular complexity index is 299. The summed E-state index contributed by atoms with van der Waals surface area (Å²) in [5, 5.41) is 0. The molecule has 0 radical (unpaired) electrons. The van der Waals surface area contributed by atoms with Crippen LogP contribution in [0.3, 0.4) is 0 Å². The van der Waals surface area contributed by atoms with Crippen molar-refractivity contribution in [1.82, 2.24) is 0 Å². The fraction of sp³-hybridized carbons (Fsp3) is 1.00. The highest BCUT2D eigenvalue weighted by Gasteiger charge is 2.84. The number of rotatable bonds is 5. The Labute approximate surface area is 94.9 Å². The number of hydrogen-bond acceptors (Lipinski definition) is 0. The lowest BCUT2D eigenvalue weighted by Crippen LogP contribution is -2.66. The SMILES string of the molecule is CCC(F)(F)C(F)(F)C(F)(F)C(F)(F)C(C)(F)F. The van der Waals surface area contributed by atoms with E-state index in [0.717, 1.165) is 0 Å². The molecule has 0 spiro atoms. The first kappa shape index (κ1) is 17.3. The van der Waals surface area contributed by atoms with Crippen LogP contribution in [0.2, 0.25) is 0 Å². The van der Waals surface area contributed by atoms with Gasteiger partial charge in [-0.25, -0.2) is 0 Å². The summed E-state index contributed by atoms with van der Waals surface area (Å²) in [6, 6.07) is 0. The largest absolute Gasteiger partial charge is 0.384 e. The van der Waals surface area contributed by atoms with Crippen LogP contribution in [0.25, 0.3) is 0 Å². The van der Waals surface area contributed by atoms with Crippen LogP contribution in [0.15, 0.2) is 0 Å². The van der Waals surface area contributed by atoms with Crippen molar-refractivity contribution in [1.29, 1.82) is 0 Å². The van der Waals surface area contributed by atoms with Crippen LogP contribution in [0.5, 0.6) is 0 Å². The fourth-order valence-electron chi connectivity index (χ4n) is 0.925. The van der Waals surface area contributed by atoms with E-state index in [0.29, 0.717) is 6.92 Å². The predicted molar refractivity (Wildman–Crippen MR) is 40.7 cm³/mol. The maximum atomic E-state index is 12.7. The van der Waals surface area contributed by atoms with Gasteiger partial charge in [0.25, 0.3) is 0 Å². The van der Waals surface area contributed by atoms with Crippen LogP contribution >= 0.6 is 0 Å². The van der Waals surface area contributed by atoms with Gasteiger partial charge in [-0.05, 0) is 0 Å². The zero-order valence-corrected chi connectivity index (χ0v) is 8.99. The van der Waals surface area contributed by atoms with E-state index in [1.54, 1.807) is 0 Å². The van der Waals surface area contributed by atoms with Gasteiger partial charge in [0.15, 0.2) is 0 Å². The Kier molecular flexibility index (Phi) is 3.99. The third-order valence-corrected chi connectivity index (χ3v) is 2.24. The molecule has 18 heavy (non-hydrogen) atoms. The average Bonchev–Trinajstić information content (AvgIpc) is 2.15. The van der Waals surface area contributed by atoms with E-state index in [-0.39, 0.29) is 0 Å². The Morgan fingerprint density at radius 1 is 0.611 bits per heavy atom. The quantitative estimate of drug-likeness (QED) is 0.650. The smallest absolute Gasteiger partial charge is 0.200 e. The summed E-state index contributed by atoms with van der Waals surface area (Å²) in [7, 11) is 0. The van der Waals surface area contributed by atoms with Gasteiger partial charge in [0.05, 0.1) is 0 Å². The molecule has 110 valence electrons. The Balaban J connectivity index is 5.80. The van der Waals surface area contributed by atoms with Gasteiger partial charge >= 0.3 is 29.6 Å². The van der Waals surface area contributed by atoms with E-state index in [1.165, 1.54) is 0 Å². The molecule has 0 N–H and O–H groups in total.